The molecule has 0 atom stereocenters. The van der Waals surface area contributed by atoms with Crippen molar-refractivity contribution in [2.24, 2.45) is 0 Å². The van der Waals surface area contributed by atoms with Crippen LogP contribution in [0.1, 0.15) is 26.7 Å². The summed E-state index contributed by atoms with van der Waals surface area (Å²) in [6, 6.07) is 2.46. The second kappa shape index (κ2) is 11.4. The monoisotopic (exact) mass is 625 g/mol. The molecule has 0 unspecified atom stereocenters. The SMILES string of the molecule is C[C-]1/C=C\CC/C=C\[C-]1C.Fc1[c-]c(-c2[c-]c(F)c(F)c(F)c2F)c(F)c(F)c1F.[Pt+4]. The first-order chi connectivity index (χ1) is 14.1. The van der Waals surface area contributed by atoms with Gasteiger partial charge in [0, 0.05) is 11.6 Å². The number of benzene rings is 2. The minimum absolute atomic E-state index is 0. The Kier molecular flexibility index (Phi) is 9.88. The molecule has 0 nitrogen and oxygen atoms in total. The van der Waals surface area contributed by atoms with Gasteiger partial charge in [0.05, 0.1) is 11.6 Å². The smallest absolute Gasteiger partial charge is 0.279 e. The maximum Gasteiger partial charge on any atom is 4.00 e. The van der Waals surface area contributed by atoms with Gasteiger partial charge in [0.25, 0.3) is 0 Å². The molecule has 9 heteroatoms. The average Bonchev–Trinajstić information content (AvgIpc) is 2.71. The molecule has 3 rings (SSSR count). The van der Waals surface area contributed by atoms with Crippen molar-refractivity contribution >= 4 is 0 Å². The number of halogens is 8. The van der Waals surface area contributed by atoms with E-state index in [0.29, 0.717) is 0 Å². The van der Waals surface area contributed by atoms with Crippen LogP contribution in [-0.4, -0.2) is 0 Å². The first-order valence-corrected chi connectivity index (χ1v) is 8.57. The van der Waals surface area contributed by atoms with Crippen molar-refractivity contribution in [1.29, 1.82) is 0 Å². The van der Waals surface area contributed by atoms with E-state index < -0.39 is 57.7 Å². The topological polar surface area (TPSA) is 0 Å². The molecule has 0 saturated heterocycles. The second-order valence-corrected chi connectivity index (χ2v) is 6.26. The fourth-order valence-corrected chi connectivity index (χ4v) is 2.36. The van der Waals surface area contributed by atoms with Crippen LogP contribution in [0.5, 0.6) is 0 Å². The number of rotatable bonds is 1. The zero-order valence-electron chi connectivity index (χ0n) is 16.1. The van der Waals surface area contributed by atoms with Gasteiger partial charge < -0.3 is 0 Å². The third kappa shape index (κ3) is 6.16. The van der Waals surface area contributed by atoms with Crippen LogP contribution in [0.2, 0.25) is 0 Å². The van der Waals surface area contributed by atoms with Gasteiger partial charge in [0.15, 0.2) is 0 Å². The summed E-state index contributed by atoms with van der Waals surface area (Å²) in [5.41, 5.74) is -2.92. The molecular weight excluding hydrogens is 611 g/mol. The summed E-state index contributed by atoms with van der Waals surface area (Å²) >= 11 is 0. The Labute approximate surface area is 188 Å². The zero-order chi connectivity index (χ0) is 22.6. The number of hydrogen-bond donors (Lipinski definition) is 0. The fraction of sp³-hybridized carbons (Fsp3) is 0.182. The third-order valence-corrected chi connectivity index (χ3v) is 4.17. The summed E-state index contributed by atoms with van der Waals surface area (Å²) in [6.07, 6.45) is 11.3. The largest absolute Gasteiger partial charge is 4.00 e. The molecule has 0 bridgehead atoms. The van der Waals surface area contributed by atoms with Crippen LogP contribution < -0.4 is 0 Å². The van der Waals surface area contributed by atoms with Crippen LogP contribution in [-0.2, 0) is 21.1 Å². The Morgan fingerprint density at radius 1 is 0.581 bits per heavy atom. The minimum Gasteiger partial charge on any atom is -0.279 e. The van der Waals surface area contributed by atoms with E-state index in [2.05, 4.69) is 38.2 Å². The van der Waals surface area contributed by atoms with Crippen LogP contribution in [0.25, 0.3) is 11.1 Å². The molecule has 0 N–H and O–H groups in total. The summed E-state index contributed by atoms with van der Waals surface area (Å²) in [6.45, 7) is 4.31. The maximum atomic E-state index is 13.3. The molecule has 0 amide bonds. The molecule has 2 aromatic rings. The third-order valence-electron chi connectivity index (χ3n) is 4.17. The molecule has 31 heavy (non-hydrogen) atoms. The molecule has 0 spiro atoms. The molecule has 0 fully saturated rings. The maximum absolute atomic E-state index is 13.3. The molecule has 1 aliphatic carbocycles. The molecule has 0 aromatic heterocycles. The molecular formula is C22H14F8Pt. The molecule has 0 radical (unpaired) electrons. The van der Waals surface area contributed by atoms with Crippen LogP contribution in [0.4, 0.5) is 35.1 Å². The van der Waals surface area contributed by atoms with Crippen LogP contribution in [0.15, 0.2) is 24.3 Å². The molecule has 2 aromatic carbocycles. The van der Waals surface area contributed by atoms with E-state index in [1.54, 1.807) is 0 Å². The molecule has 0 aliphatic heterocycles. The Morgan fingerprint density at radius 3 is 1.23 bits per heavy atom. The summed E-state index contributed by atoms with van der Waals surface area (Å²) in [4.78, 5) is 0. The van der Waals surface area contributed by atoms with Gasteiger partial charge in [-0.05, 0) is 0 Å². The van der Waals surface area contributed by atoms with Crippen molar-refractivity contribution < 1.29 is 56.2 Å². The van der Waals surface area contributed by atoms with Gasteiger partial charge in [-0.15, -0.1) is 26.7 Å². The normalized spacial score (nSPS) is 15.3. The van der Waals surface area contributed by atoms with E-state index in [-0.39, 0.29) is 21.1 Å². The molecule has 0 heterocycles. The van der Waals surface area contributed by atoms with Crippen LogP contribution in [0, 0.1) is 70.5 Å². The van der Waals surface area contributed by atoms with E-state index in [1.807, 2.05) is 0 Å². The first-order valence-electron chi connectivity index (χ1n) is 8.57. The van der Waals surface area contributed by atoms with Crippen molar-refractivity contribution in [2.45, 2.75) is 26.7 Å². The predicted molar refractivity (Wildman–Crippen MR) is 94.6 cm³/mol. The van der Waals surface area contributed by atoms with Gasteiger partial charge in [-0.2, -0.15) is 23.3 Å². The summed E-state index contributed by atoms with van der Waals surface area (Å²) in [7, 11) is 0. The summed E-state index contributed by atoms with van der Waals surface area (Å²) in [5, 5.41) is 0. The second-order valence-electron chi connectivity index (χ2n) is 6.26. The van der Waals surface area contributed by atoms with E-state index in [0.717, 1.165) is 0 Å². The number of allylic oxidation sites excluding steroid dienone is 4. The van der Waals surface area contributed by atoms with Gasteiger partial charge in [-0.1, -0.05) is 0 Å². The summed E-state index contributed by atoms with van der Waals surface area (Å²) in [5.74, 6) is -14.8. The van der Waals surface area contributed by atoms with Gasteiger partial charge in [-0.3, -0.25) is 29.4 Å². The average molecular weight is 625 g/mol. The van der Waals surface area contributed by atoms with Gasteiger partial charge in [-0.25, -0.2) is 41.9 Å². The fourth-order valence-electron chi connectivity index (χ4n) is 2.36. The Hall–Kier alpha value is -2.21. The number of hydrogen-bond acceptors (Lipinski definition) is 0. The molecule has 1 aliphatic rings. The Morgan fingerprint density at radius 2 is 0.903 bits per heavy atom. The quantitative estimate of drug-likeness (QED) is 0.137. The van der Waals surface area contributed by atoms with E-state index >= 15 is 0 Å². The van der Waals surface area contributed by atoms with Crippen molar-refractivity contribution in [2.75, 3.05) is 0 Å². The van der Waals surface area contributed by atoms with Gasteiger partial charge in [0.2, 0.25) is 0 Å². The van der Waals surface area contributed by atoms with E-state index in [9.17, 15) is 35.1 Å². The Bertz CT molecular complexity index is 905. The Balaban J connectivity index is 0.000000370. The van der Waals surface area contributed by atoms with Crippen LogP contribution >= 0.6 is 0 Å². The summed E-state index contributed by atoms with van der Waals surface area (Å²) < 4.78 is 104. The zero-order valence-corrected chi connectivity index (χ0v) is 18.3. The van der Waals surface area contributed by atoms with Gasteiger partial charge >= 0.3 is 21.1 Å². The van der Waals surface area contributed by atoms with E-state index in [4.69, 9.17) is 0 Å². The van der Waals surface area contributed by atoms with E-state index in [1.165, 1.54) is 36.8 Å². The standard InChI is InChI=1S/C12F8.C10H14.Pt/c13-5-1-3(7(15)11(19)9(5)17)4-2-6(14)10(18)12(20)8(4)16;1-9-7-5-3-4-6-8-10(9)2;/h;5-8H,3-4H2,1-2H3;/q2*-2;+4/b;7-5-,8-6-;. The molecule has 0 saturated carbocycles. The van der Waals surface area contributed by atoms with Crippen molar-refractivity contribution in [3.63, 3.8) is 0 Å². The van der Waals surface area contributed by atoms with Crippen molar-refractivity contribution in [3.8, 4) is 11.1 Å². The molecule has 168 valence electrons. The first kappa shape index (κ1) is 26.8. The van der Waals surface area contributed by atoms with Crippen molar-refractivity contribution in [3.05, 3.63) is 94.8 Å². The van der Waals surface area contributed by atoms with Crippen molar-refractivity contribution in [1.82, 2.24) is 0 Å². The minimum atomic E-state index is -2.34. The predicted octanol–water partition coefficient (Wildman–Crippen LogP) is 7.15. The van der Waals surface area contributed by atoms with Gasteiger partial charge in [0.1, 0.15) is 23.3 Å². The van der Waals surface area contributed by atoms with Crippen LogP contribution in [0.3, 0.4) is 0 Å².